The van der Waals surface area contributed by atoms with Crippen molar-refractivity contribution in [3.63, 3.8) is 0 Å². The molecule has 0 unspecified atom stereocenters. The normalized spacial score (nSPS) is 11.6. The number of halogens is 2. The molecule has 1 amide bonds. The Morgan fingerprint density at radius 2 is 2.00 bits per heavy atom. The van der Waals surface area contributed by atoms with Gasteiger partial charge in [0.05, 0.1) is 15.1 Å². The van der Waals surface area contributed by atoms with Crippen LogP contribution in [0.15, 0.2) is 51.8 Å². The summed E-state index contributed by atoms with van der Waals surface area (Å²) < 4.78 is 41.1. The second-order valence-corrected chi connectivity index (χ2v) is 8.88. The molecule has 0 radical (unpaired) electrons. The van der Waals surface area contributed by atoms with Crippen LogP contribution in [0.25, 0.3) is 10.2 Å². The molecule has 1 aromatic heterocycles. The Morgan fingerprint density at radius 1 is 1.23 bits per heavy atom. The highest BCUT2D eigenvalue weighted by Crippen LogP contribution is 2.26. The lowest BCUT2D eigenvalue weighted by Gasteiger charge is -2.08. The van der Waals surface area contributed by atoms with Crippen molar-refractivity contribution in [2.75, 3.05) is 11.9 Å². The number of sulfonamides is 1. The molecule has 6 nitrogen and oxygen atoms in total. The number of nitrogens with zero attached hydrogens (tertiary/aromatic N) is 1. The van der Waals surface area contributed by atoms with Crippen LogP contribution in [0, 0.1) is 5.82 Å². The number of benzene rings is 2. The molecule has 0 atom stereocenters. The fourth-order valence-electron chi connectivity index (χ4n) is 2.17. The molecule has 2 aromatic carbocycles. The van der Waals surface area contributed by atoms with Gasteiger partial charge in [0, 0.05) is 17.4 Å². The van der Waals surface area contributed by atoms with Crippen LogP contribution in [0.4, 0.5) is 9.52 Å². The van der Waals surface area contributed by atoms with Crippen LogP contribution in [0.2, 0.25) is 0 Å². The fourth-order valence-corrected chi connectivity index (χ4v) is 5.11. The molecule has 0 aliphatic heterocycles. The Bertz CT molecular complexity index is 1070. The van der Waals surface area contributed by atoms with Crippen molar-refractivity contribution in [3.05, 3.63) is 52.8 Å². The average molecular weight is 458 g/mol. The molecule has 0 saturated heterocycles. The van der Waals surface area contributed by atoms with Gasteiger partial charge in [0.1, 0.15) is 5.82 Å². The number of fused-ring (bicyclic) bond motifs is 1. The lowest BCUT2D eigenvalue weighted by atomic mass is 10.3. The van der Waals surface area contributed by atoms with Gasteiger partial charge in [-0.25, -0.2) is 22.5 Å². The number of aromatic nitrogens is 1. The van der Waals surface area contributed by atoms with Crippen molar-refractivity contribution < 1.29 is 17.6 Å². The van der Waals surface area contributed by atoms with Gasteiger partial charge in [0.2, 0.25) is 15.9 Å². The summed E-state index contributed by atoms with van der Waals surface area (Å²) in [6, 6.07) is 10.6. The van der Waals surface area contributed by atoms with Gasteiger partial charge in [-0.1, -0.05) is 23.5 Å². The Kier molecular flexibility index (Phi) is 5.66. The van der Waals surface area contributed by atoms with Crippen molar-refractivity contribution in [1.82, 2.24) is 9.71 Å². The molecule has 0 saturated carbocycles. The second kappa shape index (κ2) is 7.78. The van der Waals surface area contributed by atoms with Gasteiger partial charge in [-0.15, -0.1) is 0 Å². The lowest BCUT2D eigenvalue weighted by molar-refractivity contribution is -0.116. The van der Waals surface area contributed by atoms with Gasteiger partial charge in [0.25, 0.3) is 0 Å². The number of rotatable bonds is 6. The van der Waals surface area contributed by atoms with E-state index >= 15 is 0 Å². The lowest BCUT2D eigenvalue weighted by Crippen LogP contribution is -2.28. The van der Waals surface area contributed by atoms with Gasteiger partial charge in [-0.05, 0) is 46.3 Å². The standard InChI is InChI=1S/C16H13BrFN3O3S2/c17-11-3-1-2-4-14(11)26(23,24)19-8-7-15(22)21-16-20-12-6-5-10(18)9-13(12)25-16/h1-6,9,19H,7-8H2,(H,20,21,22). The largest absolute Gasteiger partial charge is 0.302 e. The molecule has 2 N–H and O–H groups in total. The molecule has 0 fully saturated rings. The molecule has 26 heavy (non-hydrogen) atoms. The van der Waals surface area contributed by atoms with E-state index in [9.17, 15) is 17.6 Å². The Hall–Kier alpha value is -1.88. The zero-order valence-corrected chi connectivity index (χ0v) is 16.4. The molecule has 10 heteroatoms. The number of hydrogen-bond acceptors (Lipinski definition) is 5. The summed E-state index contributed by atoms with van der Waals surface area (Å²) in [4.78, 5) is 16.3. The minimum absolute atomic E-state index is 0.0605. The van der Waals surface area contributed by atoms with E-state index in [0.29, 0.717) is 19.8 Å². The first-order valence-corrected chi connectivity index (χ1v) is 10.5. The highest BCUT2D eigenvalue weighted by Gasteiger charge is 2.17. The molecule has 0 bridgehead atoms. The number of carbonyl (C=O) groups is 1. The molecule has 3 rings (SSSR count). The molecule has 0 aliphatic rings. The van der Waals surface area contributed by atoms with Crippen LogP contribution in [0.5, 0.6) is 0 Å². The molecule has 1 heterocycles. The van der Waals surface area contributed by atoms with E-state index in [1.807, 2.05) is 0 Å². The number of amides is 1. The van der Waals surface area contributed by atoms with Gasteiger partial charge in [-0.2, -0.15) is 0 Å². The van der Waals surface area contributed by atoms with E-state index in [1.165, 1.54) is 24.3 Å². The van der Waals surface area contributed by atoms with Crippen molar-refractivity contribution in [2.45, 2.75) is 11.3 Å². The molecule has 0 spiro atoms. The third-order valence-electron chi connectivity index (χ3n) is 3.37. The van der Waals surface area contributed by atoms with Crippen molar-refractivity contribution in [3.8, 4) is 0 Å². The summed E-state index contributed by atoms with van der Waals surface area (Å²) in [7, 11) is -3.72. The van der Waals surface area contributed by atoms with E-state index in [0.717, 1.165) is 11.3 Å². The highest BCUT2D eigenvalue weighted by atomic mass is 79.9. The summed E-state index contributed by atoms with van der Waals surface area (Å²) in [6.45, 7) is -0.0605. The molecular formula is C16H13BrFN3O3S2. The SMILES string of the molecule is O=C(CCNS(=O)(=O)c1ccccc1Br)Nc1nc2ccc(F)cc2s1. The maximum absolute atomic E-state index is 13.2. The summed E-state index contributed by atoms with van der Waals surface area (Å²) in [6.07, 6.45) is -0.0615. The number of nitrogens with one attached hydrogen (secondary N) is 2. The van der Waals surface area contributed by atoms with E-state index in [2.05, 4.69) is 31.0 Å². The van der Waals surface area contributed by atoms with Gasteiger partial charge in [0.15, 0.2) is 5.13 Å². The van der Waals surface area contributed by atoms with E-state index in [-0.39, 0.29) is 29.6 Å². The van der Waals surface area contributed by atoms with Crippen LogP contribution in [-0.2, 0) is 14.8 Å². The minimum atomic E-state index is -3.72. The number of carbonyl (C=O) groups excluding carboxylic acids is 1. The predicted octanol–water partition coefficient (Wildman–Crippen LogP) is 3.51. The first-order chi connectivity index (χ1) is 12.3. The highest BCUT2D eigenvalue weighted by molar-refractivity contribution is 9.10. The van der Waals surface area contributed by atoms with Crippen LogP contribution in [-0.4, -0.2) is 25.9 Å². The number of anilines is 1. The molecule has 0 aliphatic carbocycles. The minimum Gasteiger partial charge on any atom is -0.302 e. The Morgan fingerprint density at radius 3 is 2.77 bits per heavy atom. The first kappa shape index (κ1) is 18.9. The molecular weight excluding hydrogens is 445 g/mol. The van der Waals surface area contributed by atoms with Crippen LogP contribution in [0.1, 0.15) is 6.42 Å². The fraction of sp³-hybridized carbons (Fsp3) is 0.125. The number of hydrogen-bond donors (Lipinski definition) is 2. The van der Waals surface area contributed by atoms with Crippen molar-refractivity contribution in [2.24, 2.45) is 0 Å². The van der Waals surface area contributed by atoms with Gasteiger partial charge in [-0.3, -0.25) is 4.79 Å². The predicted molar refractivity (Wildman–Crippen MR) is 102 cm³/mol. The Labute approximate surface area is 161 Å². The van der Waals surface area contributed by atoms with E-state index in [1.54, 1.807) is 18.2 Å². The summed E-state index contributed by atoms with van der Waals surface area (Å²) >= 11 is 4.34. The molecule has 3 aromatic rings. The smallest absolute Gasteiger partial charge is 0.241 e. The first-order valence-electron chi connectivity index (χ1n) is 7.45. The van der Waals surface area contributed by atoms with Crippen LogP contribution >= 0.6 is 27.3 Å². The maximum atomic E-state index is 13.2. The van der Waals surface area contributed by atoms with Crippen LogP contribution < -0.4 is 10.0 Å². The van der Waals surface area contributed by atoms with E-state index in [4.69, 9.17) is 0 Å². The quantitative estimate of drug-likeness (QED) is 0.592. The van der Waals surface area contributed by atoms with Gasteiger partial charge >= 0.3 is 0 Å². The summed E-state index contributed by atoms with van der Waals surface area (Å²) in [5.74, 6) is -0.764. The third-order valence-corrected chi connectivity index (χ3v) is 6.77. The summed E-state index contributed by atoms with van der Waals surface area (Å²) in [5.41, 5.74) is 0.585. The third kappa shape index (κ3) is 4.44. The second-order valence-electron chi connectivity index (χ2n) is 5.26. The van der Waals surface area contributed by atoms with Crippen molar-refractivity contribution >= 4 is 58.5 Å². The average Bonchev–Trinajstić information content (AvgIpc) is 2.96. The zero-order chi connectivity index (χ0) is 18.7. The monoisotopic (exact) mass is 457 g/mol. The maximum Gasteiger partial charge on any atom is 0.241 e. The van der Waals surface area contributed by atoms with E-state index < -0.39 is 10.0 Å². The molecule has 136 valence electrons. The van der Waals surface area contributed by atoms with Gasteiger partial charge < -0.3 is 5.32 Å². The zero-order valence-electron chi connectivity index (χ0n) is 13.2. The van der Waals surface area contributed by atoms with Crippen LogP contribution in [0.3, 0.4) is 0 Å². The summed E-state index contributed by atoms with van der Waals surface area (Å²) in [5, 5.41) is 2.93. The van der Waals surface area contributed by atoms with Crippen molar-refractivity contribution in [1.29, 1.82) is 0 Å². The topological polar surface area (TPSA) is 88.2 Å². The number of thiazole rings is 1. The Balaban J connectivity index is 1.57.